The Morgan fingerprint density at radius 2 is 1.69 bits per heavy atom. The Morgan fingerprint density at radius 1 is 1.06 bits per heavy atom. The van der Waals surface area contributed by atoms with E-state index in [0.717, 1.165) is 47.9 Å². The van der Waals surface area contributed by atoms with E-state index in [-0.39, 0.29) is 11.9 Å². The molecule has 0 spiro atoms. The Bertz CT molecular complexity index is 821. The maximum Gasteiger partial charge on any atom is 0.230 e. The quantitative estimate of drug-likeness (QED) is 0.603. The first-order chi connectivity index (χ1) is 15.5. The van der Waals surface area contributed by atoms with Gasteiger partial charge in [0.2, 0.25) is 11.9 Å². The number of nitrogens with one attached hydrogen (secondary N) is 1. The summed E-state index contributed by atoms with van der Waals surface area (Å²) in [6.07, 6.45) is 13.2. The lowest BCUT2D eigenvalue weighted by Crippen LogP contribution is -2.56. The first kappa shape index (κ1) is 21.3. The van der Waals surface area contributed by atoms with Gasteiger partial charge in [-0.05, 0) is 100 Å². The predicted octanol–water partition coefficient (Wildman–Crippen LogP) is 4.66. The van der Waals surface area contributed by atoms with Crippen LogP contribution in [0.25, 0.3) is 0 Å². The molecule has 5 saturated carbocycles. The highest BCUT2D eigenvalue weighted by Gasteiger charge is 2.53. The fourth-order valence-corrected chi connectivity index (χ4v) is 8.53. The van der Waals surface area contributed by atoms with Crippen molar-refractivity contribution in [3.8, 4) is 0 Å². The lowest BCUT2D eigenvalue weighted by atomic mass is 9.48. The molecule has 1 aliphatic heterocycles. The van der Waals surface area contributed by atoms with Crippen molar-refractivity contribution in [2.24, 2.45) is 29.1 Å². The lowest BCUT2D eigenvalue weighted by molar-refractivity contribution is -0.123. The van der Waals surface area contributed by atoms with Gasteiger partial charge < -0.3 is 10.2 Å². The summed E-state index contributed by atoms with van der Waals surface area (Å²) < 4.78 is 2.33. The Morgan fingerprint density at radius 3 is 2.28 bits per heavy atom. The summed E-state index contributed by atoms with van der Waals surface area (Å²) in [6, 6.07) is 0.812. The molecule has 1 atom stereocenters. The molecule has 176 valence electrons. The van der Waals surface area contributed by atoms with E-state index in [9.17, 15) is 4.79 Å². The molecule has 32 heavy (non-hydrogen) atoms. The van der Waals surface area contributed by atoms with E-state index in [1.54, 1.807) is 11.8 Å². The second-order valence-corrected chi connectivity index (χ2v) is 12.9. The van der Waals surface area contributed by atoms with Gasteiger partial charge in [0.05, 0.1) is 5.75 Å². The third kappa shape index (κ3) is 3.97. The zero-order valence-corrected chi connectivity index (χ0v) is 20.6. The molecule has 7 rings (SSSR count). The van der Waals surface area contributed by atoms with E-state index in [1.165, 1.54) is 64.2 Å². The fraction of sp³-hybridized carbons (Fsp3) is 0.880. The summed E-state index contributed by atoms with van der Waals surface area (Å²) in [5.74, 6) is 5.20. The number of nitrogens with zero attached hydrogens (tertiary/aromatic N) is 4. The van der Waals surface area contributed by atoms with Crippen molar-refractivity contribution >= 4 is 23.6 Å². The largest absolute Gasteiger partial charge is 0.352 e. The van der Waals surface area contributed by atoms with Gasteiger partial charge in [-0.15, -0.1) is 10.2 Å². The summed E-state index contributed by atoms with van der Waals surface area (Å²) in [6.45, 7) is 6.75. The van der Waals surface area contributed by atoms with Gasteiger partial charge in [-0.1, -0.05) is 18.7 Å². The summed E-state index contributed by atoms with van der Waals surface area (Å²) in [5, 5.41) is 13.5. The highest BCUT2D eigenvalue weighted by molar-refractivity contribution is 7.99. The van der Waals surface area contributed by atoms with E-state index >= 15 is 0 Å². The smallest absolute Gasteiger partial charge is 0.230 e. The third-order valence-electron chi connectivity index (χ3n) is 9.34. The number of piperidine rings is 1. The molecular weight excluding hydrogens is 418 g/mol. The molecule has 2 heterocycles. The minimum atomic E-state index is 0.164. The number of thioether (sulfide) groups is 1. The van der Waals surface area contributed by atoms with E-state index in [1.807, 2.05) is 0 Å². The van der Waals surface area contributed by atoms with Crippen LogP contribution < -0.4 is 10.2 Å². The minimum absolute atomic E-state index is 0.164. The van der Waals surface area contributed by atoms with Crippen LogP contribution in [0.5, 0.6) is 0 Å². The molecule has 1 aromatic rings. The van der Waals surface area contributed by atoms with Crippen molar-refractivity contribution in [2.45, 2.75) is 95.3 Å². The maximum absolute atomic E-state index is 13.0. The Labute approximate surface area is 196 Å². The first-order valence-corrected chi connectivity index (χ1v) is 14.1. The zero-order chi connectivity index (χ0) is 21.9. The topological polar surface area (TPSA) is 63.1 Å². The number of carbonyl (C=O) groups excluding carboxylic acids is 1. The van der Waals surface area contributed by atoms with Crippen molar-refractivity contribution in [2.75, 3.05) is 23.7 Å². The monoisotopic (exact) mass is 457 g/mol. The molecule has 4 bridgehead atoms. The second kappa shape index (κ2) is 8.21. The van der Waals surface area contributed by atoms with E-state index in [2.05, 4.69) is 38.8 Å². The van der Waals surface area contributed by atoms with Crippen LogP contribution in [-0.2, 0) is 4.79 Å². The van der Waals surface area contributed by atoms with Gasteiger partial charge in [0.25, 0.3) is 0 Å². The first-order valence-electron chi connectivity index (χ1n) is 13.1. The normalized spacial score (nSPS) is 35.3. The second-order valence-electron chi connectivity index (χ2n) is 11.9. The molecule has 1 N–H and O–H groups in total. The van der Waals surface area contributed by atoms with Crippen LogP contribution in [0, 0.1) is 29.1 Å². The summed E-state index contributed by atoms with van der Waals surface area (Å²) in [4.78, 5) is 15.4. The standard InChI is InChI=1S/C25H39N5OS/c1-16-5-7-29(8-6-16)23-27-28-24(30(23)21-3-4-21)32-15-22(31)26-17(2)25-12-18-9-19(13-25)11-20(10-18)14-25/h16-21H,3-15H2,1-2H3,(H,26,31). The maximum atomic E-state index is 13.0. The number of aromatic nitrogens is 3. The van der Waals surface area contributed by atoms with E-state index in [4.69, 9.17) is 0 Å². The number of amides is 1. The lowest BCUT2D eigenvalue weighted by Gasteiger charge is -2.59. The van der Waals surface area contributed by atoms with Crippen molar-refractivity contribution < 1.29 is 4.79 Å². The van der Waals surface area contributed by atoms with Gasteiger partial charge in [0, 0.05) is 25.2 Å². The van der Waals surface area contributed by atoms with Crippen molar-refractivity contribution in [1.29, 1.82) is 0 Å². The van der Waals surface area contributed by atoms with Gasteiger partial charge in [0.15, 0.2) is 5.16 Å². The number of hydrogen-bond acceptors (Lipinski definition) is 5. The zero-order valence-electron chi connectivity index (χ0n) is 19.8. The molecule has 1 amide bonds. The van der Waals surface area contributed by atoms with Gasteiger partial charge in [-0.25, -0.2) is 0 Å². The Balaban J connectivity index is 1.08. The summed E-state index contributed by atoms with van der Waals surface area (Å²) in [5.41, 5.74) is 0.363. The van der Waals surface area contributed by atoms with Crippen LogP contribution in [0.1, 0.15) is 84.1 Å². The Hall–Kier alpha value is -1.24. The number of hydrogen-bond donors (Lipinski definition) is 1. The number of rotatable bonds is 7. The van der Waals surface area contributed by atoms with Crippen LogP contribution in [0.3, 0.4) is 0 Å². The molecule has 0 aromatic carbocycles. The SMILES string of the molecule is CC1CCN(c2nnc(SCC(=O)NC(C)C34CC5CC(CC(C5)C3)C4)n2C2CC2)CC1. The summed E-state index contributed by atoms with van der Waals surface area (Å²) in [7, 11) is 0. The minimum Gasteiger partial charge on any atom is -0.352 e. The molecule has 1 unspecified atom stereocenters. The molecule has 1 saturated heterocycles. The van der Waals surface area contributed by atoms with Crippen LogP contribution >= 0.6 is 11.8 Å². The molecule has 6 aliphatic rings. The molecule has 5 aliphatic carbocycles. The van der Waals surface area contributed by atoms with Gasteiger partial charge in [-0.2, -0.15) is 0 Å². The number of carbonyl (C=O) groups is 1. The third-order valence-corrected chi connectivity index (χ3v) is 10.3. The molecule has 7 heteroatoms. The van der Waals surface area contributed by atoms with E-state index < -0.39 is 0 Å². The molecule has 1 aromatic heterocycles. The molecule has 6 nitrogen and oxygen atoms in total. The van der Waals surface area contributed by atoms with Crippen molar-refractivity contribution in [3.05, 3.63) is 0 Å². The van der Waals surface area contributed by atoms with Crippen molar-refractivity contribution in [1.82, 2.24) is 20.1 Å². The van der Waals surface area contributed by atoms with Crippen LogP contribution in [0.4, 0.5) is 5.95 Å². The average Bonchev–Trinajstić information content (AvgIpc) is 3.51. The van der Waals surface area contributed by atoms with E-state index in [0.29, 0.717) is 17.2 Å². The number of anilines is 1. The highest BCUT2D eigenvalue weighted by atomic mass is 32.2. The van der Waals surface area contributed by atoms with Crippen LogP contribution in [0.15, 0.2) is 5.16 Å². The molecular formula is C25H39N5OS. The average molecular weight is 458 g/mol. The van der Waals surface area contributed by atoms with Gasteiger partial charge in [-0.3, -0.25) is 9.36 Å². The van der Waals surface area contributed by atoms with Crippen molar-refractivity contribution in [3.63, 3.8) is 0 Å². The summed E-state index contributed by atoms with van der Waals surface area (Å²) >= 11 is 1.58. The predicted molar refractivity (Wildman–Crippen MR) is 128 cm³/mol. The van der Waals surface area contributed by atoms with Gasteiger partial charge >= 0.3 is 0 Å². The van der Waals surface area contributed by atoms with Gasteiger partial charge in [0.1, 0.15) is 0 Å². The molecule has 0 radical (unpaired) electrons. The highest BCUT2D eigenvalue weighted by Crippen LogP contribution is 2.61. The molecule has 6 fully saturated rings. The fourth-order valence-electron chi connectivity index (χ4n) is 7.72. The van der Waals surface area contributed by atoms with Crippen LogP contribution in [0.2, 0.25) is 0 Å². The van der Waals surface area contributed by atoms with Crippen LogP contribution in [-0.4, -0.2) is 45.6 Å². The Kier molecular flexibility index (Phi) is 5.47.